The molecule has 0 atom stereocenters. The van der Waals surface area contributed by atoms with Crippen molar-refractivity contribution in [1.82, 2.24) is 9.97 Å². The highest BCUT2D eigenvalue weighted by molar-refractivity contribution is 7.93. The zero-order chi connectivity index (χ0) is 16.7. The van der Waals surface area contributed by atoms with Crippen molar-refractivity contribution in [2.24, 2.45) is 0 Å². The van der Waals surface area contributed by atoms with E-state index in [9.17, 15) is 8.42 Å². The lowest BCUT2D eigenvalue weighted by atomic mass is 10.2. The van der Waals surface area contributed by atoms with Crippen molar-refractivity contribution in [3.8, 4) is 0 Å². The van der Waals surface area contributed by atoms with Crippen LogP contribution in [0.5, 0.6) is 0 Å². The van der Waals surface area contributed by atoms with Crippen LogP contribution < -0.4 is 4.72 Å². The van der Waals surface area contributed by atoms with Gasteiger partial charge in [-0.25, -0.2) is 13.4 Å². The number of rotatable bonds is 3. The van der Waals surface area contributed by atoms with Gasteiger partial charge in [0.1, 0.15) is 0 Å². The van der Waals surface area contributed by atoms with E-state index in [1.54, 1.807) is 30.6 Å². The van der Waals surface area contributed by atoms with Crippen LogP contribution in [0.15, 0.2) is 59.8 Å². The predicted octanol–water partition coefficient (Wildman–Crippen LogP) is 3.95. The van der Waals surface area contributed by atoms with Gasteiger partial charge in [0.2, 0.25) is 0 Å². The highest BCUT2D eigenvalue weighted by Gasteiger charge is 2.19. The Kier molecular flexibility index (Phi) is 3.47. The maximum Gasteiger partial charge on any atom is 0.264 e. The van der Waals surface area contributed by atoms with Crippen LogP contribution in [0.4, 0.5) is 5.13 Å². The molecular weight excluding hydrogens is 342 g/mol. The third-order valence-corrected chi connectivity index (χ3v) is 6.24. The highest BCUT2D eigenvalue weighted by Crippen LogP contribution is 2.30. The minimum absolute atomic E-state index is 0.221. The largest absolute Gasteiger partial charge is 0.264 e. The van der Waals surface area contributed by atoms with Crippen LogP contribution in [-0.4, -0.2) is 18.4 Å². The first-order valence-electron chi connectivity index (χ1n) is 7.26. The van der Waals surface area contributed by atoms with E-state index in [0.717, 1.165) is 21.2 Å². The van der Waals surface area contributed by atoms with Crippen LogP contribution in [0.1, 0.15) is 5.56 Å². The Bertz CT molecular complexity index is 1160. The predicted molar refractivity (Wildman–Crippen MR) is 96.9 cm³/mol. The molecule has 0 aliphatic rings. The van der Waals surface area contributed by atoms with Gasteiger partial charge in [0.15, 0.2) is 5.13 Å². The molecule has 0 aliphatic carbocycles. The molecule has 120 valence electrons. The molecule has 0 saturated heterocycles. The second-order valence-electron chi connectivity index (χ2n) is 5.40. The molecule has 2 aromatic heterocycles. The molecule has 0 amide bonds. The average molecular weight is 355 g/mol. The van der Waals surface area contributed by atoms with E-state index in [1.165, 1.54) is 11.3 Å². The molecule has 0 fully saturated rings. The highest BCUT2D eigenvalue weighted by atomic mass is 32.2. The summed E-state index contributed by atoms with van der Waals surface area (Å²) in [5.74, 6) is 0. The van der Waals surface area contributed by atoms with Crippen LogP contribution in [0.25, 0.3) is 21.0 Å². The molecule has 4 aromatic rings. The summed E-state index contributed by atoms with van der Waals surface area (Å²) in [6.45, 7) is 1.96. The van der Waals surface area contributed by atoms with Gasteiger partial charge in [-0.15, -0.1) is 0 Å². The summed E-state index contributed by atoms with van der Waals surface area (Å²) in [4.78, 5) is 8.67. The maximum atomic E-state index is 12.8. The Labute approximate surface area is 143 Å². The molecule has 0 radical (unpaired) electrons. The topological polar surface area (TPSA) is 72.0 Å². The first kappa shape index (κ1) is 15.0. The fraction of sp³-hybridized carbons (Fsp3) is 0.0588. The number of thiazole rings is 1. The first-order chi connectivity index (χ1) is 11.5. The summed E-state index contributed by atoms with van der Waals surface area (Å²) in [6, 6.07) is 12.7. The SMILES string of the molecule is Cc1cccc2sc(NS(=O)(=O)c3cccc4cnccc34)nc12. The Hall–Kier alpha value is -2.51. The molecule has 0 aliphatic heterocycles. The molecule has 4 rings (SSSR count). The van der Waals surface area contributed by atoms with Crippen LogP contribution in [0.2, 0.25) is 0 Å². The van der Waals surface area contributed by atoms with Crippen molar-refractivity contribution in [3.63, 3.8) is 0 Å². The van der Waals surface area contributed by atoms with E-state index in [2.05, 4.69) is 14.7 Å². The van der Waals surface area contributed by atoms with Gasteiger partial charge in [0, 0.05) is 23.2 Å². The molecule has 0 unspecified atom stereocenters. The fourth-order valence-electron chi connectivity index (χ4n) is 2.63. The Morgan fingerprint density at radius 2 is 1.92 bits per heavy atom. The monoisotopic (exact) mass is 355 g/mol. The average Bonchev–Trinajstić information content (AvgIpc) is 2.97. The summed E-state index contributed by atoms with van der Waals surface area (Å²) >= 11 is 1.32. The van der Waals surface area contributed by atoms with Gasteiger partial charge in [-0.05, 0) is 30.7 Å². The number of hydrogen-bond acceptors (Lipinski definition) is 5. The number of nitrogens with one attached hydrogen (secondary N) is 1. The Morgan fingerprint density at radius 1 is 1.08 bits per heavy atom. The van der Waals surface area contributed by atoms with Gasteiger partial charge < -0.3 is 0 Å². The second-order valence-corrected chi connectivity index (χ2v) is 8.08. The van der Waals surface area contributed by atoms with Crippen LogP contribution in [-0.2, 0) is 10.0 Å². The third-order valence-electron chi connectivity index (χ3n) is 3.77. The van der Waals surface area contributed by atoms with E-state index in [1.807, 2.05) is 31.2 Å². The van der Waals surface area contributed by atoms with Crippen molar-refractivity contribution in [2.75, 3.05) is 4.72 Å². The van der Waals surface area contributed by atoms with Crippen molar-refractivity contribution in [2.45, 2.75) is 11.8 Å². The molecule has 0 spiro atoms. The number of sulfonamides is 1. The van der Waals surface area contributed by atoms with E-state index in [0.29, 0.717) is 10.5 Å². The Balaban J connectivity index is 1.80. The third kappa shape index (κ3) is 2.51. The summed E-state index contributed by atoms with van der Waals surface area (Å²) in [6.07, 6.45) is 3.23. The van der Waals surface area contributed by atoms with Crippen LogP contribution in [0.3, 0.4) is 0 Å². The molecule has 0 bridgehead atoms. The number of benzene rings is 2. The summed E-state index contributed by atoms with van der Waals surface area (Å²) in [7, 11) is -3.73. The minimum Gasteiger partial charge on any atom is -0.264 e. The summed E-state index contributed by atoms with van der Waals surface area (Å²) in [5, 5.41) is 1.78. The number of anilines is 1. The van der Waals surface area contributed by atoms with Gasteiger partial charge >= 0.3 is 0 Å². The molecule has 0 saturated carbocycles. The number of aromatic nitrogens is 2. The number of hydrogen-bond donors (Lipinski definition) is 1. The van der Waals surface area contributed by atoms with Crippen molar-refractivity contribution in [3.05, 3.63) is 60.4 Å². The smallest absolute Gasteiger partial charge is 0.264 e. The molecule has 5 nitrogen and oxygen atoms in total. The lowest BCUT2D eigenvalue weighted by molar-refractivity contribution is 0.602. The fourth-order valence-corrected chi connectivity index (χ4v) is 5.04. The zero-order valence-corrected chi connectivity index (χ0v) is 14.4. The lowest BCUT2D eigenvalue weighted by Crippen LogP contribution is -2.13. The van der Waals surface area contributed by atoms with Gasteiger partial charge in [0.05, 0.1) is 15.1 Å². The van der Waals surface area contributed by atoms with E-state index >= 15 is 0 Å². The number of para-hydroxylation sites is 1. The quantitative estimate of drug-likeness (QED) is 0.604. The van der Waals surface area contributed by atoms with E-state index in [4.69, 9.17) is 0 Å². The van der Waals surface area contributed by atoms with Crippen LogP contribution >= 0.6 is 11.3 Å². The molecule has 1 N–H and O–H groups in total. The number of pyridine rings is 1. The lowest BCUT2D eigenvalue weighted by Gasteiger charge is -2.08. The van der Waals surface area contributed by atoms with Crippen molar-refractivity contribution < 1.29 is 8.42 Å². The molecule has 2 heterocycles. The number of aryl methyl sites for hydroxylation is 1. The number of fused-ring (bicyclic) bond motifs is 2. The maximum absolute atomic E-state index is 12.8. The van der Waals surface area contributed by atoms with Gasteiger partial charge in [-0.2, -0.15) is 0 Å². The minimum atomic E-state index is -3.73. The van der Waals surface area contributed by atoms with Gasteiger partial charge in [0.25, 0.3) is 10.0 Å². The van der Waals surface area contributed by atoms with Gasteiger partial charge in [-0.3, -0.25) is 9.71 Å². The standard InChI is InChI=1S/C17H13N3O2S2/c1-11-4-2-6-14-16(11)19-17(23-14)20-24(21,22)15-7-3-5-12-10-18-9-8-13(12)15/h2-10H,1H3,(H,19,20). The second kappa shape index (κ2) is 5.54. The number of nitrogens with zero attached hydrogens (tertiary/aromatic N) is 2. The molecule has 7 heteroatoms. The van der Waals surface area contributed by atoms with E-state index < -0.39 is 10.0 Å². The van der Waals surface area contributed by atoms with Crippen molar-refractivity contribution >= 4 is 47.5 Å². The van der Waals surface area contributed by atoms with Crippen molar-refractivity contribution in [1.29, 1.82) is 0 Å². The van der Waals surface area contributed by atoms with Gasteiger partial charge in [-0.1, -0.05) is 35.6 Å². The normalized spacial score (nSPS) is 11.9. The van der Waals surface area contributed by atoms with E-state index in [-0.39, 0.29) is 4.90 Å². The Morgan fingerprint density at radius 3 is 2.75 bits per heavy atom. The summed E-state index contributed by atoms with van der Waals surface area (Å²) in [5.41, 5.74) is 1.84. The first-order valence-corrected chi connectivity index (χ1v) is 9.56. The molecular formula is C17H13N3O2S2. The zero-order valence-electron chi connectivity index (χ0n) is 12.7. The molecule has 2 aromatic carbocycles. The summed E-state index contributed by atoms with van der Waals surface area (Å²) < 4.78 is 29.2. The van der Waals surface area contributed by atoms with Crippen LogP contribution in [0, 0.1) is 6.92 Å². The molecule has 24 heavy (non-hydrogen) atoms.